The first kappa shape index (κ1) is 14.8. The van der Waals surface area contributed by atoms with E-state index in [1.165, 1.54) is 12.1 Å². The number of anilines is 1. The number of ether oxygens (including phenoxy) is 1. The molecule has 0 unspecified atom stereocenters. The third-order valence-electron chi connectivity index (χ3n) is 3.43. The van der Waals surface area contributed by atoms with Gasteiger partial charge in [-0.1, -0.05) is 18.2 Å². The Bertz CT molecular complexity index is 786. The number of imide groups is 1. The molecule has 1 aliphatic rings. The lowest BCUT2D eigenvalue weighted by atomic mass is 10.1. The van der Waals surface area contributed by atoms with Gasteiger partial charge in [-0.05, 0) is 37.3 Å². The van der Waals surface area contributed by atoms with Gasteiger partial charge in [-0.3, -0.25) is 19.7 Å². The fraction of sp³-hybridized carbons (Fsp3) is 0.118. The van der Waals surface area contributed by atoms with Crippen molar-refractivity contribution in [3.63, 3.8) is 0 Å². The van der Waals surface area contributed by atoms with Crippen LogP contribution < -0.4 is 15.4 Å². The number of carbonyl (C=O) groups is 3. The Morgan fingerprint density at radius 3 is 2.48 bits per heavy atom. The van der Waals surface area contributed by atoms with Crippen LogP contribution >= 0.6 is 0 Å². The highest BCUT2D eigenvalue weighted by atomic mass is 16.5. The van der Waals surface area contributed by atoms with E-state index in [1.807, 2.05) is 18.2 Å². The smallest absolute Gasteiger partial charge is 0.265 e. The predicted octanol–water partition coefficient (Wildman–Crippen LogP) is 1.98. The summed E-state index contributed by atoms with van der Waals surface area (Å²) in [5.74, 6) is -0.647. The molecule has 2 aromatic rings. The highest BCUT2D eigenvalue weighted by molar-refractivity contribution is 6.22. The zero-order valence-electron chi connectivity index (χ0n) is 12.3. The fourth-order valence-electron chi connectivity index (χ4n) is 2.25. The van der Waals surface area contributed by atoms with Gasteiger partial charge in [-0.25, -0.2) is 0 Å². The van der Waals surface area contributed by atoms with E-state index in [0.29, 0.717) is 17.0 Å². The summed E-state index contributed by atoms with van der Waals surface area (Å²) >= 11 is 0. The van der Waals surface area contributed by atoms with Crippen LogP contribution in [0.2, 0.25) is 0 Å². The summed E-state index contributed by atoms with van der Waals surface area (Å²) in [5, 5.41) is 4.87. The van der Waals surface area contributed by atoms with Crippen LogP contribution in [0.4, 0.5) is 5.69 Å². The van der Waals surface area contributed by atoms with Crippen molar-refractivity contribution in [2.45, 2.75) is 13.0 Å². The molecule has 2 N–H and O–H groups in total. The van der Waals surface area contributed by atoms with E-state index in [2.05, 4.69) is 10.6 Å². The number of fused-ring (bicyclic) bond motifs is 1. The summed E-state index contributed by atoms with van der Waals surface area (Å²) in [6.45, 7) is 1.63. The summed E-state index contributed by atoms with van der Waals surface area (Å²) in [6.07, 6.45) is -0.707. The van der Waals surface area contributed by atoms with Gasteiger partial charge in [-0.15, -0.1) is 0 Å². The zero-order valence-corrected chi connectivity index (χ0v) is 12.3. The largest absolute Gasteiger partial charge is 0.481 e. The molecule has 1 aliphatic heterocycles. The van der Waals surface area contributed by atoms with Gasteiger partial charge < -0.3 is 10.1 Å². The second-order valence-corrected chi connectivity index (χ2v) is 5.11. The summed E-state index contributed by atoms with van der Waals surface area (Å²) < 4.78 is 5.53. The molecule has 0 saturated heterocycles. The SMILES string of the molecule is C[C@H](Oc1ccccc1)C(=O)Nc1ccc2c(c1)C(=O)NC2=O. The molecule has 23 heavy (non-hydrogen) atoms. The van der Waals surface area contributed by atoms with E-state index in [-0.39, 0.29) is 11.5 Å². The van der Waals surface area contributed by atoms with E-state index >= 15 is 0 Å². The normalized spacial score (nSPS) is 14.0. The van der Waals surface area contributed by atoms with Gasteiger partial charge in [0.25, 0.3) is 17.7 Å². The molecule has 1 atom stereocenters. The first-order chi connectivity index (χ1) is 11.0. The van der Waals surface area contributed by atoms with Crippen LogP contribution in [0.25, 0.3) is 0 Å². The van der Waals surface area contributed by atoms with Crippen LogP contribution in [0.5, 0.6) is 5.75 Å². The van der Waals surface area contributed by atoms with Gasteiger partial charge >= 0.3 is 0 Å². The second-order valence-electron chi connectivity index (χ2n) is 5.11. The van der Waals surface area contributed by atoms with E-state index in [4.69, 9.17) is 4.74 Å². The average molecular weight is 310 g/mol. The highest BCUT2D eigenvalue weighted by Gasteiger charge is 2.27. The first-order valence-electron chi connectivity index (χ1n) is 7.07. The molecule has 0 fully saturated rings. The van der Waals surface area contributed by atoms with Gasteiger partial charge in [0.05, 0.1) is 11.1 Å². The van der Waals surface area contributed by atoms with Crippen LogP contribution in [0, 0.1) is 0 Å². The molecular formula is C17H14N2O4. The van der Waals surface area contributed by atoms with Gasteiger partial charge in [0, 0.05) is 5.69 Å². The Morgan fingerprint density at radius 1 is 1.04 bits per heavy atom. The molecule has 0 spiro atoms. The minimum atomic E-state index is -0.707. The van der Waals surface area contributed by atoms with Crippen molar-refractivity contribution in [2.24, 2.45) is 0 Å². The third kappa shape index (κ3) is 3.06. The van der Waals surface area contributed by atoms with Crippen molar-refractivity contribution in [3.05, 3.63) is 59.7 Å². The number of hydrogen-bond acceptors (Lipinski definition) is 4. The predicted molar refractivity (Wildman–Crippen MR) is 83.4 cm³/mol. The zero-order chi connectivity index (χ0) is 16.4. The van der Waals surface area contributed by atoms with Crippen LogP contribution in [0.3, 0.4) is 0 Å². The van der Waals surface area contributed by atoms with Crippen molar-refractivity contribution >= 4 is 23.4 Å². The second kappa shape index (κ2) is 5.92. The van der Waals surface area contributed by atoms with Gasteiger partial charge in [0.2, 0.25) is 0 Å². The maximum absolute atomic E-state index is 12.2. The monoisotopic (exact) mass is 310 g/mol. The van der Waals surface area contributed by atoms with Crippen molar-refractivity contribution in [3.8, 4) is 5.75 Å². The summed E-state index contributed by atoms with van der Waals surface area (Å²) in [6, 6.07) is 13.6. The number of rotatable bonds is 4. The molecule has 0 saturated carbocycles. The molecule has 0 aromatic heterocycles. The fourth-order valence-corrected chi connectivity index (χ4v) is 2.25. The molecule has 0 radical (unpaired) electrons. The number of benzene rings is 2. The third-order valence-corrected chi connectivity index (χ3v) is 3.43. The van der Waals surface area contributed by atoms with E-state index < -0.39 is 17.9 Å². The molecule has 116 valence electrons. The summed E-state index contributed by atoms with van der Waals surface area (Å²) in [7, 11) is 0. The van der Waals surface area contributed by atoms with Crippen molar-refractivity contribution < 1.29 is 19.1 Å². The molecule has 6 heteroatoms. The molecule has 0 aliphatic carbocycles. The standard InChI is InChI=1S/C17H14N2O4/c1-10(23-12-5-3-2-4-6-12)15(20)18-11-7-8-13-14(9-11)17(22)19-16(13)21/h2-10H,1H3,(H,18,20)(H,19,21,22)/t10-/m0/s1. The highest BCUT2D eigenvalue weighted by Crippen LogP contribution is 2.20. The van der Waals surface area contributed by atoms with Crippen LogP contribution in [0.1, 0.15) is 27.6 Å². The van der Waals surface area contributed by atoms with E-state index in [0.717, 1.165) is 0 Å². The molecule has 2 aromatic carbocycles. The summed E-state index contributed by atoms with van der Waals surface area (Å²) in [5.41, 5.74) is 0.994. The number of para-hydroxylation sites is 1. The molecular weight excluding hydrogens is 296 g/mol. The Balaban J connectivity index is 1.70. The Hall–Kier alpha value is -3.15. The maximum Gasteiger partial charge on any atom is 0.265 e. The Labute approximate surface area is 132 Å². The minimum Gasteiger partial charge on any atom is -0.481 e. The van der Waals surface area contributed by atoms with E-state index in [9.17, 15) is 14.4 Å². The molecule has 6 nitrogen and oxygen atoms in total. The molecule has 0 bridgehead atoms. The Morgan fingerprint density at radius 2 is 1.74 bits per heavy atom. The lowest BCUT2D eigenvalue weighted by Crippen LogP contribution is -2.30. The quantitative estimate of drug-likeness (QED) is 0.846. The maximum atomic E-state index is 12.2. The lowest BCUT2D eigenvalue weighted by molar-refractivity contribution is -0.122. The Kier molecular flexibility index (Phi) is 3.80. The van der Waals surface area contributed by atoms with Crippen molar-refractivity contribution in [1.29, 1.82) is 0 Å². The van der Waals surface area contributed by atoms with Crippen molar-refractivity contribution in [2.75, 3.05) is 5.32 Å². The number of hydrogen-bond donors (Lipinski definition) is 2. The molecule has 3 amide bonds. The summed E-state index contributed by atoms with van der Waals surface area (Å²) in [4.78, 5) is 35.3. The molecule has 1 heterocycles. The van der Waals surface area contributed by atoms with Gasteiger partial charge in [-0.2, -0.15) is 0 Å². The van der Waals surface area contributed by atoms with Crippen molar-refractivity contribution in [1.82, 2.24) is 5.32 Å². The van der Waals surface area contributed by atoms with E-state index in [1.54, 1.807) is 25.1 Å². The average Bonchev–Trinajstić information content (AvgIpc) is 2.82. The van der Waals surface area contributed by atoms with Crippen LogP contribution in [-0.4, -0.2) is 23.8 Å². The molecule has 3 rings (SSSR count). The number of nitrogens with one attached hydrogen (secondary N) is 2. The van der Waals surface area contributed by atoms with Gasteiger partial charge in [0.15, 0.2) is 6.10 Å². The number of amides is 3. The lowest BCUT2D eigenvalue weighted by Gasteiger charge is -2.14. The number of carbonyl (C=O) groups excluding carboxylic acids is 3. The first-order valence-corrected chi connectivity index (χ1v) is 7.07. The van der Waals surface area contributed by atoms with Gasteiger partial charge in [0.1, 0.15) is 5.75 Å². The minimum absolute atomic E-state index is 0.254. The van der Waals surface area contributed by atoms with Crippen LogP contribution in [-0.2, 0) is 4.79 Å². The topological polar surface area (TPSA) is 84.5 Å². The van der Waals surface area contributed by atoms with Crippen LogP contribution in [0.15, 0.2) is 48.5 Å².